The molecule has 2 fully saturated rings. The number of nitrogens with one attached hydrogen (secondary N) is 2. The van der Waals surface area contributed by atoms with Crippen LogP contribution < -0.4 is 10.6 Å². The number of amides is 1. The largest absolute Gasteiger partial charge is 0.480 e. The topological polar surface area (TPSA) is 90.9 Å². The first-order valence-corrected chi connectivity index (χ1v) is 15.8. The van der Waals surface area contributed by atoms with Crippen molar-refractivity contribution in [2.24, 2.45) is 5.92 Å². The Morgan fingerprint density at radius 3 is 2.43 bits per heavy atom. The zero-order chi connectivity index (χ0) is 29.9. The van der Waals surface area contributed by atoms with Gasteiger partial charge in [0.15, 0.2) is 0 Å². The van der Waals surface area contributed by atoms with Gasteiger partial charge in [-0.15, -0.1) is 0 Å². The molecule has 7 nitrogen and oxygen atoms in total. The number of benzene rings is 2. The Bertz CT molecular complexity index is 1200. The number of likely N-dealkylation sites (tertiary alicyclic amines) is 1. The fraction of sp³-hybridized carbons (Fsp3) is 0.543. The second kappa shape index (κ2) is 15.9. The molecule has 4 rings (SSSR count). The summed E-state index contributed by atoms with van der Waals surface area (Å²) < 4.78 is 6.49. The molecule has 2 atom stereocenters. The van der Waals surface area contributed by atoms with Crippen LogP contribution in [-0.2, 0) is 20.9 Å². The maximum absolute atomic E-state index is 13.6. The van der Waals surface area contributed by atoms with Gasteiger partial charge in [0.05, 0.1) is 6.61 Å². The number of carbonyl (C=O) groups excluding carboxylic acids is 1. The molecule has 1 saturated heterocycles. The van der Waals surface area contributed by atoms with Crippen molar-refractivity contribution < 1.29 is 19.4 Å². The van der Waals surface area contributed by atoms with E-state index in [1.165, 1.54) is 38.5 Å². The van der Waals surface area contributed by atoms with Crippen LogP contribution >= 0.6 is 0 Å². The van der Waals surface area contributed by atoms with Gasteiger partial charge in [0.25, 0.3) is 5.91 Å². The molecule has 0 bridgehead atoms. The normalized spacial score (nSPS) is 17.4. The van der Waals surface area contributed by atoms with Crippen molar-refractivity contribution in [1.29, 1.82) is 0 Å². The van der Waals surface area contributed by atoms with Crippen LogP contribution in [-0.4, -0.2) is 60.7 Å². The molecule has 7 heteroatoms. The van der Waals surface area contributed by atoms with Gasteiger partial charge in [0, 0.05) is 24.4 Å². The lowest BCUT2D eigenvalue weighted by Gasteiger charge is -2.32. The smallest absolute Gasteiger partial charge is 0.326 e. The van der Waals surface area contributed by atoms with E-state index in [2.05, 4.69) is 42.3 Å². The molecule has 42 heavy (non-hydrogen) atoms. The summed E-state index contributed by atoms with van der Waals surface area (Å²) in [6.45, 7) is 8.89. The molecular weight excluding hydrogens is 526 g/mol. The Balaban J connectivity index is 1.57. The highest BCUT2D eigenvalue weighted by atomic mass is 16.5. The summed E-state index contributed by atoms with van der Waals surface area (Å²) >= 11 is 0. The first kappa shape index (κ1) is 31.8. The third-order valence-corrected chi connectivity index (χ3v) is 8.84. The highest BCUT2D eigenvalue weighted by Gasteiger charge is 2.30. The zero-order valence-electron chi connectivity index (χ0n) is 25.5. The minimum absolute atomic E-state index is 0.148. The number of piperidine rings is 1. The molecule has 1 aliphatic carbocycles. The number of nitrogens with zero attached hydrogens (tertiary/aromatic N) is 1. The number of carboxylic acids is 1. The first-order valence-electron chi connectivity index (χ1n) is 15.8. The molecule has 2 aromatic carbocycles. The van der Waals surface area contributed by atoms with Crippen LogP contribution in [0.2, 0.25) is 0 Å². The lowest BCUT2D eigenvalue weighted by atomic mass is 9.85. The molecular formula is C35H49N3O4. The van der Waals surface area contributed by atoms with E-state index in [4.69, 9.17) is 4.74 Å². The Hall–Kier alpha value is -3.16. The average Bonchev–Trinajstić information content (AvgIpc) is 3.01. The second-order valence-corrected chi connectivity index (χ2v) is 12.0. The van der Waals surface area contributed by atoms with Crippen LogP contribution in [0.4, 0.5) is 0 Å². The number of carboxylic acid groups (broad SMARTS) is 1. The fourth-order valence-corrected chi connectivity index (χ4v) is 6.36. The van der Waals surface area contributed by atoms with Crippen LogP contribution in [0.5, 0.6) is 0 Å². The van der Waals surface area contributed by atoms with Gasteiger partial charge in [-0.1, -0.05) is 75.1 Å². The minimum Gasteiger partial charge on any atom is -0.480 e. The van der Waals surface area contributed by atoms with E-state index in [9.17, 15) is 14.7 Å². The highest BCUT2D eigenvalue weighted by Crippen LogP contribution is 2.33. The van der Waals surface area contributed by atoms with Gasteiger partial charge in [-0.25, -0.2) is 4.79 Å². The first-order chi connectivity index (χ1) is 20.4. The van der Waals surface area contributed by atoms with Gasteiger partial charge in [0.1, 0.15) is 12.1 Å². The van der Waals surface area contributed by atoms with Crippen LogP contribution in [0.1, 0.15) is 80.9 Å². The van der Waals surface area contributed by atoms with E-state index >= 15 is 0 Å². The molecule has 228 valence electrons. The molecule has 1 aliphatic heterocycles. The molecule has 2 aromatic rings. The number of hydrogen-bond donors (Lipinski definition) is 3. The van der Waals surface area contributed by atoms with E-state index in [-0.39, 0.29) is 5.91 Å². The highest BCUT2D eigenvalue weighted by molar-refractivity contribution is 5.84. The third-order valence-electron chi connectivity index (χ3n) is 8.84. The molecule has 3 N–H and O–H groups in total. The Morgan fingerprint density at radius 1 is 1.02 bits per heavy atom. The lowest BCUT2D eigenvalue weighted by Crippen LogP contribution is -2.44. The Labute approximate surface area is 251 Å². The van der Waals surface area contributed by atoms with Gasteiger partial charge in [-0.05, 0) is 86.9 Å². The molecule has 0 spiro atoms. The van der Waals surface area contributed by atoms with Crippen LogP contribution in [0.3, 0.4) is 0 Å². The summed E-state index contributed by atoms with van der Waals surface area (Å²) in [5.41, 5.74) is 5.55. The summed E-state index contributed by atoms with van der Waals surface area (Å²) in [6.07, 6.45) is 10.3. The Morgan fingerprint density at radius 2 is 1.74 bits per heavy atom. The van der Waals surface area contributed by atoms with Crippen molar-refractivity contribution in [3.05, 3.63) is 65.7 Å². The monoisotopic (exact) mass is 575 g/mol. The molecule has 0 radical (unpaired) electrons. The molecule has 2 unspecified atom stereocenters. The number of hydrogen-bond acceptors (Lipinski definition) is 5. The van der Waals surface area contributed by atoms with Crippen molar-refractivity contribution in [3.63, 3.8) is 0 Å². The van der Waals surface area contributed by atoms with Gasteiger partial charge >= 0.3 is 5.97 Å². The van der Waals surface area contributed by atoms with Crippen molar-refractivity contribution in [2.75, 3.05) is 26.7 Å². The Kier molecular flexibility index (Phi) is 12.0. The quantitative estimate of drug-likeness (QED) is 0.250. The van der Waals surface area contributed by atoms with Gasteiger partial charge < -0.3 is 25.4 Å². The standard InChI is InChI=1S/C35H49N3O4/c1-25-12-8-9-15-29(25)31-22-28(16-17-30(31)26(2)37-32(35(40)41)18-19-36-3)24-42-33(23-27-13-6-4-7-14-27)34(39)38-20-10-5-11-21-38/h8-9,12,15-17,22,27,32-33,36-37H,2,4-7,10-11,13-14,18-21,23-24H2,1,3H3,(H,40,41). The van der Waals surface area contributed by atoms with E-state index < -0.39 is 18.1 Å². The number of rotatable bonds is 14. The predicted molar refractivity (Wildman–Crippen MR) is 169 cm³/mol. The van der Waals surface area contributed by atoms with Crippen molar-refractivity contribution in [2.45, 2.75) is 89.9 Å². The second-order valence-electron chi connectivity index (χ2n) is 12.0. The van der Waals surface area contributed by atoms with E-state index in [1.807, 2.05) is 36.2 Å². The zero-order valence-corrected chi connectivity index (χ0v) is 25.5. The number of aliphatic carboxylic acids is 1. The van der Waals surface area contributed by atoms with E-state index in [1.54, 1.807) is 0 Å². The van der Waals surface area contributed by atoms with E-state index in [0.29, 0.717) is 31.2 Å². The van der Waals surface area contributed by atoms with Crippen LogP contribution in [0.15, 0.2) is 49.0 Å². The number of carbonyl (C=O) groups is 2. The summed E-state index contributed by atoms with van der Waals surface area (Å²) in [5.74, 6) is -0.215. The average molecular weight is 576 g/mol. The maximum atomic E-state index is 13.6. The summed E-state index contributed by atoms with van der Waals surface area (Å²) in [5, 5.41) is 15.9. The summed E-state index contributed by atoms with van der Waals surface area (Å²) in [7, 11) is 1.81. The van der Waals surface area contributed by atoms with Crippen molar-refractivity contribution in [1.82, 2.24) is 15.5 Å². The molecule has 2 aliphatic rings. The van der Waals surface area contributed by atoms with Crippen molar-refractivity contribution in [3.8, 4) is 11.1 Å². The maximum Gasteiger partial charge on any atom is 0.326 e. The molecule has 0 aromatic heterocycles. The summed E-state index contributed by atoms with van der Waals surface area (Å²) in [4.78, 5) is 27.6. The van der Waals surface area contributed by atoms with Gasteiger partial charge in [-0.3, -0.25) is 4.79 Å². The predicted octanol–water partition coefficient (Wildman–Crippen LogP) is 6.15. The van der Waals surface area contributed by atoms with Crippen LogP contribution in [0, 0.1) is 12.8 Å². The van der Waals surface area contributed by atoms with Gasteiger partial charge in [-0.2, -0.15) is 0 Å². The minimum atomic E-state index is -0.906. The fourth-order valence-electron chi connectivity index (χ4n) is 6.36. The number of ether oxygens (including phenoxy) is 1. The summed E-state index contributed by atoms with van der Waals surface area (Å²) in [6, 6.07) is 13.5. The molecule has 1 heterocycles. The van der Waals surface area contributed by atoms with E-state index in [0.717, 1.165) is 60.2 Å². The van der Waals surface area contributed by atoms with Gasteiger partial charge in [0.2, 0.25) is 0 Å². The lowest BCUT2D eigenvalue weighted by molar-refractivity contribution is -0.147. The molecule has 1 amide bonds. The van der Waals surface area contributed by atoms with Crippen LogP contribution in [0.25, 0.3) is 16.8 Å². The number of aryl methyl sites for hydroxylation is 1. The third kappa shape index (κ3) is 8.68. The molecule has 1 saturated carbocycles. The van der Waals surface area contributed by atoms with Crippen molar-refractivity contribution >= 4 is 17.6 Å². The SMILES string of the molecule is C=C(NC(CCNC)C(=O)O)c1ccc(COC(CC2CCCCC2)C(=O)N2CCCCC2)cc1-c1ccccc1C.